The minimum absolute atomic E-state index is 0. The number of fused-ring (bicyclic) bond motifs is 2. The number of nitrogens with zero attached hydrogens (tertiary/aromatic N) is 8. The van der Waals surface area contributed by atoms with Crippen LogP contribution in [0.2, 0.25) is 5.15 Å². The van der Waals surface area contributed by atoms with Crippen LogP contribution >= 0.6 is 11.6 Å². The van der Waals surface area contributed by atoms with Gasteiger partial charge in [-0.15, -0.1) is 0 Å². The number of aromatic nitrogens is 8. The molecule has 0 unspecified atom stereocenters. The Bertz CT molecular complexity index is 2460. The molecule has 2 atom stereocenters. The third kappa shape index (κ3) is 8.86. The van der Waals surface area contributed by atoms with E-state index in [1.54, 1.807) is 18.5 Å². The van der Waals surface area contributed by atoms with Crippen molar-refractivity contribution in [1.29, 1.82) is 0 Å². The number of anilines is 2. The fourth-order valence-corrected chi connectivity index (χ4v) is 7.36. The van der Waals surface area contributed by atoms with Crippen molar-refractivity contribution >= 4 is 45.0 Å². The number of aromatic amines is 2. The zero-order valence-corrected chi connectivity index (χ0v) is 35.8. The van der Waals surface area contributed by atoms with Crippen molar-refractivity contribution in [3.8, 4) is 34.2 Å². The van der Waals surface area contributed by atoms with Gasteiger partial charge in [0.05, 0.1) is 56.1 Å². The average molecular weight is 972 g/mol. The first-order valence-electron chi connectivity index (χ1n) is 17.8. The third-order valence-electron chi connectivity index (χ3n) is 9.83. The van der Waals surface area contributed by atoms with E-state index in [9.17, 15) is 8.78 Å². The van der Waals surface area contributed by atoms with E-state index in [1.807, 2.05) is 43.0 Å². The fraction of sp³-hybridized carbons (Fsp3) is 0.300. The number of ether oxygens (including phenoxy) is 2. The molecule has 2 aliphatic rings. The van der Waals surface area contributed by atoms with E-state index in [2.05, 4.69) is 48.7 Å². The molecule has 2 saturated heterocycles. The summed E-state index contributed by atoms with van der Waals surface area (Å²) in [6.07, 6.45) is 5.39. The van der Waals surface area contributed by atoms with Crippen LogP contribution in [0.3, 0.4) is 0 Å². The Morgan fingerprint density at radius 2 is 1.26 bits per heavy atom. The fourth-order valence-electron chi connectivity index (χ4n) is 7.18. The van der Waals surface area contributed by atoms with E-state index < -0.39 is 0 Å². The third-order valence-corrected chi connectivity index (χ3v) is 10.0. The summed E-state index contributed by atoms with van der Waals surface area (Å²) in [6.45, 7) is 10.2. The molecule has 2 N–H and O–H groups in total. The van der Waals surface area contributed by atoms with Crippen molar-refractivity contribution in [2.24, 2.45) is 7.05 Å². The maximum absolute atomic E-state index is 14.4. The molecule has 0 saturated carbocycles. The number of halogens is 4. The molecule has 2 aromatic carbocycles. The summed E-state index contributed by atoms with van der Waals surface area (Å²) in [5.74, 6) is 1.77. The Morgan fingerprint density at radius 1 is 0.754 bits per heavy atom. The largest absolute Gasteiger partial charge is 0.377 e. The van der Waals surface area contributed by atoms with Gasteiger partial charge in [-0.3, -0.25) is 9.39 Å². The van der Waals surface area contributed by atoms with Gasteiger partial charge in [0, 0.05) is 98.7 Å². The number of rotatable bonds is 5. The molecule has 57 heavy (non-hydrogen) atoms. The van der Waals surface area contributed by atoms with Gasteiger partial charge in [0.15, 0.2) is 11.6 Å². The van der Waals surface area contributed by atoms with E-state index in [-0.39, 0.29) is 56.9 Å². The molecule has 0 radical (unpaired) electrons. The molecule has 0 bridgehead atoms. The summed E-state index contributed by atoms with van der Waals surface area (Å²) in [5.41, 5.74) is 5.41. The van der Waals surface area contributed by atoms with Gasteiger partial charge in [0.25, 0.3) is 0 Å². The predicted molar refractivity (Wildman–Crippen MR) is 215 cm³/mol. The number of benzene rings is 2. The van der Waals surface area contributed by atoms with E-state index >= 15 is 0 Å². The molecule has 2 aliphatic heterocycles. The smallest absolute Gasteiger partial charge is 0.163 e. The summed E-state index contributed by atoms with van der Waals surface area (Å²) in [6, 6.07) is 13.8. The van der Waals surface area contributed by atoms with Crippen molar-refractivity contribution in [3.05, 3.63) is 96.9 Å². The monoisotopic (exact) mass is 971 g/mol. The maximum atomic E-state index is 14.4. The molecule has 2 fully saturated rings. The van der Waals surface area contributed by atoms with Gasteiger partial charge >= 0.3 is 0 Å². The number of hydrogen-bond donors (Lipinski definition) is 2. The van der Waals surface area contributed by atoms with Crippen LogP contribution in [0.25, 0.3) is 56.0 Å². The first kappa shape index (κ1) is 43.3. The van der Waals surface area contributed by atoms with Crippen molar-refractivity contribution in [1.82, 2.24) is 39.7 Å². The van der Waals surface area contributed by atoms with Gasteiger partial charge in [-0.05, 0) is 62.7 Å². The van der Waals surface area contributed by atoms with E-state index in [0.29, 0.717) is 59.9 Å². The molecule has 0 spiro atoms. The summed E-state index contributed by atoms with van der Waals surface area (Å²) in [5, 5.41) is 6.45. The van der Waals surface area contributed by atoms with Crippen LogP contribution in [0.5, 0.6) is 0 Å². The van der Waals surface area contributed by atoms with E-state index in [4.69, 9.17) is 31.0 Å². The van der Waals surface area contributed by atoms with Crippen molar-refractivity contribution in [3.63, 3.8) is 0 Å². The van der Waals surface area contributed by atoms with Crippen molar-refractivity contribution in [2.75, 3.05) is 49.3 Å². The van der Waals surface area contributed by atoms with Crippen LogP contribution in [0.4, 0.5) is 25.1 Å². The van der Waals surface area contributed by atoms with Crippen LogP contribution in [0.1, 0.15) is 19.4 Å². The SMILES string of the molecule is C[C@@H]1COCCN1c1cc(Cl)nc(-c2cc(F)cc3[nH]ccc23)n1.Cc1cnn(C)c1-c1cc(N2CCOC[C@H]2C)nc(-c2cc(F)cc3[nH]ccc23)n1.F.[CH3-].[W]. The average Bonchev–Trinajstić information content (AvgIpc) is 3.91. The Hall–Kier alpha value is -4.82. The Labute approximate surface area is 347 Å². The molecule has 17 heteroatoms. The zero-order valence-electron chi connectivity index (χ0n) is 32.1. The first-order chi connectivity index (χ1) is 26.1. The topological polar surface area (TPSA) is 126 Å². The molecule has 0 amide bonds. The number of aryl methyl sites for hydroxylation is 2. The standard InChI is InChI=1S/C22H23FN6O.C17H16ClFN4O.CH3.FH.W/c1-13-11-25-28(3)21(13)19-10-20(29-6-7-30-12-14(29)2)27-22(26-19)17-8-15(23)9-18-16(17)4-5-24-18;1-10-9-24-5-4-23(10)16-8-15(18)21-17(22-16)13-6-11(19)7-14-12(13)2-3-20-14;;;/h4-5,8-11,14,24H,6-7,12H2,1-3H3;2-3,6-8,10,20H,4-5,9H2,1H3;1H3;1H;/q;;-1;;/t14-;10-;;;/m11.../s1. The zero-order chi connectivity index (χ0) is 37.5. The van der Waals surface area contributed by atoms with E-state index in [0.717, 1.165) is 58.0 Å². The van der Waals surface area contributed by atoms with Crippen LogP contribution in [0.15, 0.2) is 67.1 Å². The van der Waals surface area contributed by atoms with Crippen LogP contribution < -0.4 is 9.80 Å². The molecule has 300 valence electrons. The molecule has 0 aliphatic carbocycles. The van der Waals surface area contributed by atoms with Gasteiger partial charge in [0.2, 0.25) is 0 Å². The molecule has 5 aromatic heterocycles. The molecular formula is C40H43ClF3N10O2W-. The van der Waals surface area contributed by atoms with Crippen molar-refractivity contribution < 1.29 is 44.0 Å². The van der Waals surface area contributed by atoms with Crippen LogP contribution in [-0.2, 0) is 37.6 Å². The van der Waals surface area contributed by atoms with Gasteiger partial charge in [-0.2, -0.15) is 5.10 Å². The summed E-state index contributed by atoms with van der Waals surface area (Å²) in [7, 11) is 1.90. The Balaban J connectivity index is 0.000000211. The molecule has 7 heterocycles. The number of morpholine rings is 2. The Kier molecular flexibility index (Phi) is 13.8. The summed E-state index contributed by atoms with van der Waals surface area (Å²) in [4.78, 5) is 29.1. The predicted octanol–water partition coefficient (Wildman–Crippen LogP) is 7.94. The minimum Gasteiger partial charge on any atom is -0.377 e. The molecule has 9 rings (SSSR count). The van der Waals surface area contributed by atoms with E-state index in [1.165, 1.54) is 24.3 Å². The first-order valence-corrected chi connectivity index (χ1v) is 18.2. The second-order valence-corrected chi connectivity index (χ2v) is 14.0. The second-order valence-electron chi connectivity index (χ2n) is 13.6. The second kappa shape index (κ2) is 18.2. The molecule has 7 aromatic rings. The van der Waals surface area contributed by atoms with Gasteiger partial charge in [0.1, 0.15) is 28.4 Å². The van der Waals surface area contributed by atoms with Crippen molar-refractivity contribution in [2.45, 2.75) is 32.9 Å². The summed E-state index contributed by atoms with van der Waals surface area (Å²) < 4.78 is 41.2. The number of H-pyrrole nitrogens is 2. The minimum atomic E-state index is -0.343. The van der Waals surface area contributed by atoms with Gasteiger partial charge in [-0.25, -0.2) is 28.7 Å². The van der Waals surface area contributed by atoms with Crippen LogP contribution in [-0.4, -0.2) is 91.3 Å². The molecule has 12 nitrogen and oxygen atoms in total. The van der Waals surface area contributed by atoms with Gasteiger partial charge < -0.3 is 36.7 Å². The Morgan fingerprint density at radius 3 is 1.75 bits per heavy atom. The number of nitrogens with one attached hydrogen (secondary N) is 2. The van der Waals surface area contributed by atoms with Gasteiger partial charge in [-0.1, -0.05) is 11.6 Å². The normalized spacial score (nSPS) is 16.7. The quantitative estimate of drug-likeness (QED) is 0.131. The number of hydrogen-bond acceptors (Lipinski definition) is 9. The maximum Gasteiger partial charge on any atom is 0.163 e. The van der Waals surface area contributed by atoms with Crippen LogP contribution in [0, 0.1) is 26.0 Å². The summed E-state index contributed by atoms with van der Waals surface area (Å²) >= 11 is 6.22. The molecular weight excluding hydrogens is 929 g/mol.